The summed E-state index contributed by atoms with van der Waals surface area (Å²) in [5, 5.41) is 7.63. The molecule has 3 N–H and O–H groups in total. The standard InChI is InChI=1S/C18H22N6O3/c1-4-24-15(8-11(3)22-24)21-18-20-13-9-12(17(19)26)6-7-14(13)23(18)10-16(25)27-5-2/h6-9H,4-5,10H2,1-3H3,(H2,19,26)(H,20,21). The molecule has 9 nitrogen and oxygen atoms in total. The molecule has 27 heavy (non-hydrogen) atoms. The molecule has 0 unspecified atom stereocenters. The molecule has 0 fully saturated rings. The summed E-state index contributed by atoms with van der Waals surface area (Å²) in [7, 11) is 0. The predicted octanol–water partition coefficient (Wildman–Crippen LogP) is 1.97. The molecule has 2 aromatic heterocycles. The van der Waals surface area contributed by atoms with Crippen molar-refractivity contribution in [2.24, 2.45) is 5.73 Å². The number of fused-ring (bicyclic) bond motifs is 1. The maximum Gasteiger partial charge on any atom is 0.326 e. The molecule has 0 saturated carbocycles. The van der Waals surface area contributed by atoms with Crippen LogP contribution in [0.15, 0.2) is 24.3 Å². The van der Waals surface area contributed by atoms with E-state index in [2.05, 4.69) is 15.4 Å². The number of imidazole rings is 1. The van der Waals surface area contributed by atoms with E-state index in [-0.39, 0.29) is 12.5 Å². The van der Waals surface area contributed by atoms with Gasteiger partial charge in [0, 0.05) is 18.2 Å². The maximum absolute atomic E-state index is 12.1. The zero-order chi connectivity index (χ0) is 19.6. The van der Waals surface area contributed by atoms with Crippen molar-refractivity contribution in [2.45, 2.75) is 33.9 Å². The highest BCUT2D eigenvalue weighted by Gasteiger charge is 2.17. The van der Waals surface area contributed by atoms with Crippen LogP contribution >= 0.6 is 0 Å². The van der Waals surface area contributed by atoms with E-state index in [1.54, 1.807) is 34.4 Å². The van der Waals surface area contributed by atoms with Gasteiger partial charge in [-0.1, -0.05) is 0 Å². The van der Waals surface area contributed by atoms with Gasteiger partial charge in [0.15, 0.2) is 0 Å². The van der Waals surface area contributed by atoms with Crippen molar-refractivity contribution < 1.29 is 14.3 Å². The highest BCUT2D eigenvalue weighted by molar-refractivity contribution is 5.97. The van der Waals surface area contributed by atoms with Crippen molar-refractivity contribution in [2.75, 3.05) is 11.9 Å². The number of amides is 1. The van der Waals surface area contributed by atoms with Gasteiger partial charge in [-0.15, -0.1) is 0 Å². The number of aromatic nitrogens is 4. The Morgan fingerprint density at radius 2 is 2.04 bits per heavy atom. The molecule has 2 heterocycles. The highest BCUT2D eigenvalue weighted by Crippen LogP contribution is 2.24. The Labute approximate surface area is 156 Å². The van der Waals surface area contributed by atoms with Crippen LogP contribution in [0.4, 0.5) is 11.8 Å². The minimum atomic E-state index is -0.536. The van der Waals surface area contributed by atoms with E-state index in [4.69, 9.17) is 10.5 Å². The first-order chi connectivity index (χ1) is 12.9. The molecular weight excluding hydrogens is 348 g/mol. The number of hydrogen-bond donors (Lipinski definition) is 2. The predicted molar refractivity (Wildman–Crippen MR) is 101 cm³/mol. The van der Waals surface area contributed by atoms with E-state index < -0.39 is 5.91 Å². The Morgan fingerprint density at radius 3 is 2.70 bits per heavy atom. The summed E-state index contributed by atoms with van der Waals surface area (Å²) in [5.74, 6) is 0.296. The van der Waals surface area contributed by atoms with E-state index in [1.807, 2.05) is 19.9 Å². The number of carbonyl (C=O) groups excluding carboxylic acids is 2. The third-order valence-electron chi connectivity index (χ3n) is 4.07. The zero-order valence-corrected chi connectivity index (χ0v) is 15.5. The monoisotopic (exact) mass is 370 g/mol. The second-order valence-corrected chi connectivity index (χ2v) is 6.01. The summed E-state index contributed by atoms with van der Waals surface area (Å²) in [6.07, 6.45) is 0. The number of nitrogens with one attached hydrogen (secondary N) is 1. The SMILES string of the molecule is CCOC(=O)Cn1c(Nc2cc(C)nn2CC)nc2cc(C(N)=O)ccc21. The van der Waals surface area contributed by atoms with Crippen molar-refractivity contribution in [1.82, 2.24) is 19.3 Å². The first kappa shape index (κ1) is 18.4. The topological polar surface area (TPSA) is 117 Å². The number of anilines is 2. The molecule has 0 spiro atoms. The van der Waals surface area contributed by atoms with Gasteiger partial charge in [-0.3, -0.25) is 14.2 Å². The van der Waals surface area contributed by atoms with E-state index in [0.29, 0.717) is 35.7 Å². The lowest BCUT2D eigenvalue weighted by molar-refractivity contribution is -0.143. The van der Waals surface area contributed by atoms with Crippen LogP contribution in [-0.2, 0) is 22.6 Å². The second-order valence-electron chi connectivity index (χ2n) is 6.01. The molecule has 1 aromatic carbocycles. The van der Waals surface area contributed by atoms with Crippen LogP contribution in [0.25, 0.3) is 11.0 Å². The van der Waals surface area contributed by atoms with Crippen LogP contribution in [0.5, 0.6) is 0 Å². The fraction of sp³-hybridized carbons (Fsp3) is 0.333. The Morgan fingerprint density at radius 1 is 1.26 bits per heavy atom. The molecule has 1 amide bonds. The molecule has 142 valence electrons. The smallest absolute Gasteiger partial charge is 0.326 e. The zero-order valence-electron chi connectivity index (χ0n) is 15.5. The second kappa shape index (κ2) is 7.48. The van der Waals surface area contributed by atoms with Gasteiger partial charge < -0.3 is 15.8 Å². The van der Waals surface area contributed by atoms with Crippen LogP contribution < -0.4 is 11.1 Å². The van der Waals surface area contributed by atoms with Crippen LogP contribution in [0, 0.1) is 6.92 Å². The average molecular weight is 370 g/mol. The summed E-state index contributed by atoms with van der Waals surface area (Å²) < 4.78 is 8.59. The Kier molecular flexibility index (Phi) is 5.11. The lowest BCUT2D eigenvalue weighted by atomic mass is 10.2. The van der Waals surface area contributed by atoms with Crippen LogP contribution in [0.2, 0.25) is 0 Å². The van der Waals surface area contributed by atoms with Crippen LogP contribution in [-0.4, -0.2) is 37.8 Å². The first-order valence-corrected chi connectivity index (χ1v) is 8.70. The van der Waals surface area contributed by atoms with E-state index in [0.717, 1.165) is 11.5 Å². The number of nitrogens with two attached hydrogens (primary N) is 1. The number of ether oxygens (including phenoxy) is 1. The number of aryl methyl sites for hydroxylation is 2. The van der Waals surface area contributed by atoms with Gasteiger partial charge in [0.2, 0.25) is 11.9 Å². The van der Waals surface area contributed by atoms with E-state index in [9.17, 15) is 9.59 Å². The number of carbonyl (C=O) groups is 2. The van der Waals surface area contributed by atoms with Crippen LogP contribution in [0.1, 0.15) is 29.9 Å². The lowest BCUT2D eigenvalue weighted by Crippen LogP contribution is -2.16. The van der Waals surface area contributed by atoms with Crippen molar-refractivity contribution in [3.63, 3.8) is 0 Å². The summed E-state index contributed by atoms with van der Waals surface area (Å²) in [6, 6.07) is 6.83. The Balaban J connectivity index is 2.07. The Bertz CT molecular complexity index is 1000. The molecule has 0 radical (unpaired) electrons. The van der Waals surface area contributed by atoms with Gasteiger partial charge in [-0.05, 0) is 39.0 Å². The van der Waals surface area contributed by atoms with E-state index >= 15 is 0 Å². The van der Waals surface area contributed by atoms with Gasteiger partial charge >= 0.3 is 5.97 Å². The fourth-order valence-electron chi connectivity index (χ4n) is 2.88. The van der Waals surface area contributed by atoms with E-state index in [1.165, 1.54) is 0 Å². The number of nitrogens with zero attached hydrogens (tertiary/aromatic N) is 4. The molecule has 9 heteroatoms. The number of esters is 1. The van der Waals surface area contributed by atoms with Gasteiger partial charge in [0.1, 0.15) is 12.4 Å². The van der Waals surface area contributed by atoms with Crippen molar-refractivity contribution in [3.8, 4) is 0 Å². The lowest BCUT2D eigenvalue weighted by Gasteiger charge is -2.11. The van der Waals surface area contributed by atoms with Crippen molar-refractivity contribution >= 4 is 34.7 Å². The van der Waals surface area contributed by atoms with Crippen LogP contribution in [0.3, 0.4) is 0 Å². The summed E-state index contributed by atoms with van der Waals surface area (Å²) in [5.41, 5.74) is 7.82. The molecule has 0 atom stereocenters. The molecule has 0 aliphatic heterocycles. The molecule has 0 saturated heterocycles. The van der Waals surface area contributed by atoms with Gasteiger partial charge in [-0.25, -0.2) is 9.67 Å². The van der Waals surface area contributed by atoms with Gasteiger partial charge in [0.25, 0.3) is 0 Å². The van der Waals surface area contributed by atoms with Gasteiger partial charge in [0.05, 0.1) is 23.3 Å². The summed E-state index contributed by atoms with van der Waals surface area (Å²) in [4.78, 5) is 28.1. The minimum Gasteiger partial charge on any atom is -0.465 e. The van der Waals surface area contributed by atoms with Crippen molar-refractivity contribution in [3.05, 3.63) is 35.5 Å². The summed E-state index contributed by atoms with van der Waals surface area (Å²) >= 11 is 0. The quantitative estimate of drug-likeness (QED) is 0.614. The third kappa shape index (κ3) is 3.76. The summed E-state index contributed by atoms with van der Waals surface area (Å²) in [6.45, 7) is 6.60. The highest BCUT2D eigenvalue weighted by atomic mass is 16.5. The number of rotatable bonds is 7. The molecular formula is C18H22N6O3. The number of primary amides is 1. The average Bonchev–Trinajstić information content (AvgIpc) is 3.14. The fourth-order valence-corrected chi connectivity index (χ4v) is 2.88. The molecule has 0 aliphatic carbocycles. The molecule has 0 bridgehead atoms. The first-order valence-electron chi connectivity index (χ1n) is 8.70. The maximum atomic E-state index is 12.1. The largest absolute Gasteiger partial charge is 0.465 e. The minimum absolute atomic E-state index is 0.0121. The molecule has 0 aliphatic rings. The molecule has 3 rings (SSSR count). The number of hydrogen-bond acceptors (Lipinski definition) is 6. The number of benzene rings is 1. The Hall–Kier alpha value is -3.36. The normalized spacial score (nSPS) is 10.9. The third-order valence-corrected chi connectivity index (χ3v) is 4.07. The molecule has 3 aromatic rings. The van der Waals surface area contributed by atoms with Gasteiger partial charge in [-0.2, -0.15) is 5.10 Å². The van der Waals surface area contributed by atoms with Crippen molar-refractivity contribution in [1.29, 1.82) is 0 Å².